The maximum atomic E-state index is 11.8. The van der Waals surface area contributed by atoms with E-state index >= 15 is 0 Å². The van der Waals surface area contributed by atoms with Gasteiger partial charge in [-0.1, -0.05) is 19.8 Å². The van der Waals surface area contributed by atoms with E-state index in [9.17, 15) is 9.59 Å². The van der Waals surface area contributed by atoms with Crippen LogP contribution in [-0.2, 0) is 9.53 Å². The summed E-state index contributed by atoms with van der Waals surface area (Å²) in [6.45, 7) is 2.16. The number of urea groups is 1. The van der Waals surface area contributed by atoms with Gasteiger partial charge in [-0.25, -0.2) is 9.59 Å². The van der Waals surface area contributed by atoms with Crippen molar-refractivity contribution in [2.75, 3.05) is 13.7 Å². The van der Waals surface area contributed by atoms with E-state index in [0.29, 0.717) is 0 Å². The average molecular weight is 286 g/mol. The Bertz CT molecular complexity index is 314. The molecule has 0 spiro atoms. The molecular formula is C14H26N2O4. The Morgan fingerprint density at radius 1 is 1.30 bits per heavy atom. The Balaban J connectivity index is 2.30. The molecule has 116 valence electrons. The molecule has 0 aromatic carbocycles. The van der Waals surface area contributed by atoms with Gasteiger partial charge < -0.3 is 20.5 Å². The topological polar surface area (TPSA) is 87.7 Å². The molecule has 1 saturated carbocycles. The molecule has 1 fully saturated rings. The summed E-state index contributed by atoms with van der Waals surface area (Å²) in [4.78, 5) is 22.7. The molecule has 0 aromatic heterocycles. The van der Waals surface area contributed by atoms with Crippen LogP contribution in [0.25, 0.3) is 0 Å². The van der Waals surface area contributed by atoms with E-state index in [1.54, 1.807) is 0 Å². The van der Waals surface area contributed by atoms with Crippen LogP contribution in [0.15, 0.2) is 0 Å². The number of carboxylic acids is 1. The fraction of sp³-hybridized carbons (Fsp3) is 0.857. The van der Waals surface area contributed by atoms with Crippen molar-refractivity contribution in [3.05, 3.63) is 0 Å². The van der Waals surface area contributed by atoms with E-state index in [1.165, 1.54) is 20.0 Å². The minimum atomic E-state index is -1.09. The zero-order chi connectivity index (χ0) is 15.0. The molecule has 0 aliphatic heterocycles. The Kier molecular flexibility index (Phi) is 7.36. The SMILES string of the molecule is CCCC1CCC(NC(=O)NC(COC)C(=O)O)CC1. The van der Waals surface area contributed by atoms with E-state index in [1.807, 2.05) is 0 Å². The highest BCUT2D eigenvalue weighted by Gasteiger charge is 2.24. The zero-order valence-electron chi connectivity index (χ0n) is 12.4. The maximum Gasteiger partial charge on any atom is 0.328 e. The largest absolute Gasteiger partial charge is 0.480 e. The molecule has 2 amide bonds. The fourth-order valence-electron chi connectivity index (χ4n) is 2.73. The summed E-state index contributed by atoms with van der Waals surface area (Å²) >= 11 is 0. The van der Waals surface area contributed by atoms with Crippen molar-refractivity contribution in [1.29, 1.82) is 0 Å². The summed E-state index contributed by atoms with van der Waals surface area (Å²) in [5.41, 5.74) is 0. The minimum Gasteiger partial charge on any atom is -0.480 e. The van der Waals surface area contributed by atoms with Gasteiger partial charge in [0, 0.05) is 13.2 Å². The van der Waals surface area contributed by atoms with Crippen molar-refractivity contribution >= 4 is 12.0 Å². The standard InChI is InChI=1S/C14H26N2O4/c1-3-4-10-5-7-11(8-6-10)15-14(19)16-12(9-20-2)13(17)18/h10-12H,3-9H2,1-2H3,(H,17,18)(H2,15,16,19). The third kappa shape index (κ3) is 5.77. The van der Waals surface area contributed by atoms with Gasteiger partial charge in [-0.15, -0.1) is 0 Å². The lowest BCUT2D eigenvalue weighted by Gasteiger charge is -2.29. The number of amides is 2. The first kappa shape index (κ1) is 16.8. The second-order valence-electron chi connectivity index (χ2n) is 5.47. The molecule has 0 heterocycles. The molecule has 1 aliphatic carbocycles. The first-order valence-electron chi connectivity index (χ1n) is 7.35. The van der Waals surface area contributed by atoms with E-state index in [4.69, 9.17) is 9.84 Å². The molecule has 0 aromatic rings. The van der Waals surface area contributed by atoms with Crippen LogP contribution >= 0.6 is 0 Å². The summed E-state index contributed by atoms with van der Waals surface area (Å²) in [5, 5.41) is 14.2. The van der Waals surface area contributed by atoms with E-state index < -0.39 is 18.0 Å². The van der Waals surface area contributed by atoms with Crippen LogP contribution in [0, 0.1) is 5.92 Å². The number of ether oxygens (including phenoxy) is 1. The molecule has 0 bridgehead atoms. The van der Waals surface area contributed by atoms with Crippen LogP contribution in [0.2, 0.25) is 0 Å². The monoisotopic (exact) mass is 286 g/mol. The molecule has 1 atom stereocenters. The Hall–Kier alpha value is -1.30. The molecule has 6 nitrogen and oxygen atoms in total. The van der Waals surface area contributed by atoms with Crippen LogP contribution in [0.5, 0.6) is 0 Å². The van der Waals surface area contributed by atoms with Crippen molar-refractivity contribution in [3.8, 4) is 0 Å². The van der Waals surface area contributed by atoms with E-state index in [2.05, 4.69) is 17.6 Å². The molecular weight excluding hydrogens is 260 g/mol. The zero-order valence-corrected chi connectivity index (χ0v) is 12.4. The average Bonchev–Trinajstić information content (AvgIpc) is 2.40. The number of aliphatic carboxylic acids is 1. The third-order valence-electron chi connectivity index (χ3n) is 3.82. The van der Waals surface area contributed by atoms with Crippen LogP contribution in [0.1, 0.15) is 45.4 Å². The second kappa shape index (κ2) is 8.79. The third-order valence-corrected chi connectivity index (χ3v) is 3.82. The molecule has 3 N–H and O–H groups in total. The van der Waals surface area contributed by atoms with Crippen molar-refractivity contribution in [3.63, 3.8) is 0 Å². The Morgan fingerprint density at radius 2 is 1.95 bits per heavy atom. The normalized spacial score (nSPS) is 23.9. The van der Waals surface area contributed by atoms with Gasteiger partial charge in [0.2, 0.25) is 0 Å². The number of carbonyl (C=O) groups is 2. The summed E-state index contributed by atoms with van der Waals surface area (Å²) < 4.78 is 4.77. The summed E-state index contributed by atoms with van der Waals surface area (Å²) in [6.07, 6.45) is 6.69. The molecule has 20 heavy (non-hydrogen) atoms. The summed E-state index contributed by atoms with van der Waals surface area (Å²) in [7, 11) is 1.41. The first-order chi connectivity index (χ1) is 9.56. The van der Waals surface area contributed by atoms with Gasteiger partial charge in [-0.3, -0.25) is 0 Å². The highest BCUT2D eigenvalue weighted by Crippen LogP contribution is 2.27. The fourth-order valence-corrected chi connectivity index (χ4v) is 2.73. The Morgan fingerprint density at radius 3 is 2.45 bits per heavy atom. The van der Waals surface area contributed by atoms with Crippen molar-refractivity contribution in [2.45, 2.75) is 57.5 Å². The molecule has 1 unspecified atom stereocenters. The quantitative estimate of drug-likeness (QED) is 0.665. The summed E-state index contributed by atoms with van der Waals surface area (Å²) in [5.74, 6) is -0.310. The van der Waals surface area contributed by atoms with Gasteiger partial charge >= 0.3 is 12.0 Å². The smallest absolute Gasteiger partial charge is 0.328 e. The predicted molar refractivity (Wildman–Crippen MR) is 75.6 cm³/mol. The van der Waals surface area contributed by atoms with Gasteiger partial charge in [0.15, 0.2) is 6.04 Å². The number of hydrogen-bond acceptors (Lipinski definition) is 3. The van der Waals surface area contributed by atoms with Crippen LogP contribution in [0.3, 0.4) is 0 Å². The minimum absolute atomic E-state index is 0.0357. The van der Waals surface area contributed by atoms with Gasteiger partial charge in [0.05, 0.1) is 6.61 Å². The molecule has 0 radical (unpaired) electrons. The molecule has 0 saturated heterocycles. The number of hydrogen-bond donors (Lipinski definition) is 3. The van der Waals surface area contributed by atoms with Gasteiger partial charge in [0.1, 0.15) is 0 Å². The number of nitrogens with one attached hydrogen (secondary N) is 2. The second-order valence-corrected chi connectivity index (χ2v) is 5.47. The lowest BCUT2D eigenvalue weighted by molar-refractivity contribution is -0.140. The summed E-state index contributed by atoms with van der Waals surface area (Å²) in [6, 6.07) is -1.27. The molecule has 1 rings (SSSR count). The van der Waals surface area contributed by atoms with Crippen molar-refractivity contribution in [2.24, 2.45) is 5.92 Å². The van der Waals surface area contributed by atoms with Crippen LogP contribution in [-0.4, -0.2) is 42.9 Å². The van der Waals surface area contributed by atoms with Gasteiger partial charge in [-0.05, 0) is 31.6 Å². The van der Waals surface area contributed by atoms with E-state index in [0.717, 1.165) is 31.6 Å². The number of carboxylic acid groups (broad SMARTS) is 1. The number of methoxy groups -OCH3 is 1. The van der Waals surface area contributed by atoms with Gasteiger partial charge in [0.25, 0.3) is 0 Å². The van der Waals surface area contributed by atoms with Crippen molar-refractivity contribution < 1.29 is 19.4 Å². The highest BCUT2D eigenvalue weighted by molar-refractivity contribution is 5.82. The lowest BCUT2D eigenvalue weighted by Crippen LogP contribution is -2.51. The highest BCUT2D eigenvalue weighted by atomic mass is 16.5. The predicted octanol–water partition coefficient (Wildman–Crippen LogP) is 1.74. The van der Waals surface area contributed by atoms with E-state index in [-0.39, 0.29) is 12.6 Å². The van der Waals surface area contributed by atoms with Crippen LogP contribution in [0.4, 0.5) is 4.79 Å². The van der Waals surface area contributed by atoms with Gasteiger partial charge in [-0.2, -0.15) is 0 Å². The lowest BCUT2D eigenvalue weighted by atomic mass is 9.83. The number of carbonyl (C=O) groups excluding carboxylic acids is 1. The van der Waals surface area contributed by atoms with Crippen molar-refractivity contribution in [1.82, 2.24) is 10.6 Å². The number of rotatable bonds is 7. The molecule has 6 heteroatoms. The maximum absolute atomic E-state index is 11.8. The van der Waals surface area contributed by atoms with Crippen LogP contribution < -0.4 is 10.6 Å². The molecule has 1 aliphatic rings. The first-order valence-corrected chi connectivity index (χ1v) is 7.35. The Labute approximate surface area is 120 Å².